The van der Waals surface area contributed by atoms with Gasteiger partial charge >= 0.3 is 262 Å². The van der Waals surface area contributed by atoms with Crippen molar-refractivity contribution in [1.82, 2.24) is 0 Å². The second kappa shape index (κ2) is 23.5. The average Bonchev–Trinajstić information content (AvgIpc) is 2.91. The number of hydrogen-bond donors (Lipinski definition) is 0. The van der Waals surface area contributed by atoms with Gasteiger partial charge in [0.1, 0.15) is 0 Å². The minimum absolute atomic E-state index is 0.325. The average molecular weight is 756 g/mol. The summed E-state index contributed by atoms with van der Waals surface area (Å²) in [5.74, 6) is 1.75. The van der Waals surface area contributed by atoms with Crippen LogP contribution in [-0.2, 0) is 38.1 Å². The molecular formula is C28H44O8S4Sn. The number of hydrogen-bond acceptors (Lipinski definition) is 12. The van der Waals surface area contributed by atoms with E-state index in [1.807, 2.05) is 35.8 Å². The molecule has 232 valence electrons. The summed E-state index contributed by atoms with van der Waals surface area (Å²) < 4.78 is 21.1. The van der Waals surface area contributed by atoms with Gasteiger partial charge in [-0.3, -0.25) is 0 Å². The van der Waals surface area contributed by atoms with E-state index in [2.05, 4.69) is 26.3 Å². The van der Waals surface area contributed by atoms with Crippen molar-refractivity contribution < 1.29 is 38.1 Å². The standard InChI is InChI=1S/4C7H12O2S.Sn/c4*1-6(2)7(8)9-4-3-5-10;/h4*10H,1,3-5H2,2H3;/q;;;;+4/p-4. The Morgan fingerprint density at radius 3 is 0.829 bits per heavy atom. The number of esters is 4. The molecule has 8 nitrogen and oxygen atoms in total. The van der Waals surface area contributed by atoms with Crippen LogP contribution in [0.2, 0.25) is 0 Å². The van der Waals surface area contributed by atoms with Crippen LogP contribution >= 0.6 is 35.8 Å². The number of carbonyl (C=O) groups excluding carboxylic acids is 4. The number of ether oxygens (including phenoxy) is 4. The van der Waals surface area contributed by atoms with E-state index >= 15 is 0 Å². The fraction of sp³-hybridized carbons (Fsp3) is 0.571. The molecule has 0 aromatic rings. The zero-order valence-electron chi connectivity index (χ0n) is 24.7. The van der Waals surface area contributed by atoms with Crippen molar-refractivity contribution in [2.45, 2.75) is 53.4 Å². The fourth-order valence-corrected chi connectivity index (χ4v) is 52.9. The van der Waals surface area contributed by atoms with E-state index in [0.29, 0.717) is 74.4 Å². The molecular weight excluding hydrogens is 711 g/mol. The molecule has 0 atom stereocenters. The van der Waals surface area contributed by atoms with E-state index in [1.165, 1.54) is 0 Å². The van der Waals surface area contributed by atoms with Gasteiger partial charge in [0, 0.05) is 0 Å². The maximum atomic E-state index is 11.7. The molecule has 0 heterocycles. The van der Waals surface area contributed by atoms with Crippen LogP contribution in [0.25, 0.3) is 0 Å². The van der Waals surface area contributed by atoms with Crippen molar-refractivity contribution in [2.24, 2.45) is 0 Å². The third-order valence-electron chi connectivity index (χ3n) is 4.60. The first-order valence-electron chi connectivity index (χ1n) is 13.2. The molecule has 0 saturated carbocycles. The number of carbonyl (C=O) groups is 4. The Bertz CT molecular complexity index is 789. The van der Waals surface area contributed by atoms with Crippen LogP contribution in [0.3, 0.4) is 0 Å². The molecule has 0 radical (unpaired) electrons. The van der Waals surface area contributed by atoms with E-state index in [4.69, 9.17) is 18.9 Å². The summed E-state index contributed by atoms with van der Waals surface area (Å²) in [6.07, 6.45) is 2.86. The monoisotopic (exact) mass is 756 g/mol. The number of rotatable bonds is 24. The molecule has 0 rings (SSSR count). The first-order chi connectivity index (χ1) is 19.3. The van der Waals surface area contributed by atoms with Crippen LogP contribution < -0.4 is 0 Å². The van der Waals surface area contributed by atoms with Gasteiger partial charge < -0.3 is 0 Å². The summed E-state index contributed by atoms with van der Waals surface area (Å²) in [5, 5.41) is 0. The van der Waals surface area contributed by atoms with Crippen LogP contribution in [0.4, 0.5) is 0 Å². The molecule has 0 N–H and O–H groups in total. The van der Waals surface area contributed by atoms with Crippen molar-refractivity contribution in [2.75, 3.05) is 49.4 Å². The third-order valence-corrected chi connectivity index (χ3v) is 55.5. The van der Waals surface area contributed by atoms with Gasteiger partial charge in [-0.15, -0.1) is 0 Å². The van der Waals surface area contributed by atoms with Crippen LogP contribution in [0.15, 0.2) is 48.6 Å². The molecule has 0 aliphatic heterocycles. The van der Waals surface area contributed by atoms with E-state index in [9.17, 15) is 19.2 Å². The van der Waals surface area contributed by atoms with E-state index in [-0.39, 0.29) is 23.9 Å². The van der Waals surface area contributed by atoms with Gasteiger partial charge in [-0.05, 0) is 0 Å². The Morgan fingerprint density at radius 2 is 0.659 bits per heavy atom. The van der Waals surface area contributed by atoms with Gasteiger partial charge in [-0.25, -0.2) is 0 Å². The van der Waals surface area contributed by atoms with Gasteiger partial charge in [0.15, 0.2) is 0 Å². The second-order valence-corrected chi connectivity index (χ2v) is 51.3. The summed E-state index contributed by atoms with van der Waals surface area (Å²) in [5.41, 5.74) is 1.50. The Balaban J connectivity index is 5.28. The van der Waals surface area contributed by atoms with Crippen molar-refractivity contribution in [3.05, 3.63) is 48.6 Å². The summed E-state index contributed by atoms with van der Waals surface area (Å²) >= 11 is -3.09. The van der Waals surface area contributed by atoms with Gasteiger partial charge in [-0.1, -0.05) is 0 Å². The molecule has 13 heteroatoms. The Hall–Kier alpha value is -0.961. The van der Waals surface area contributed by atoms with Crippen molar-refractivity contribution >= 4 is 72.5 Å². The molecule has 0 aromatic carbocycles. The predicted molar refractivity (Wildman–Crippen MR) is 177 cm³/mol. The summed E-state index contributed by atoms with van der Waals surface area (Å²) in [7, 11) is 7.83. The molecule has 0 bridgehead atoms. The van der Waals surface area contributed by atoms with Crippen molar-refractivity contribution in [1.29, 1.82) is 0 Å². The first kappa shape index (κ1) is 40.0. The summed E-state index contributed by atoms with van der Waals surface area (Å²) in [6, 6.07) is 0. The van der Waals surface area contributed by atoms with E-state index < -0.39 is 12.8 Å². The van der Waals surface area contributed by atoms with Crippen LogP contribution in [0.1, 0.15) is 53.4 Å². The minimum atomic E-state index is -3.09. The van der Waals surface area contributed by atoms with Crippen LogP contribution in [0, 0.1) is 0 Å². The molecule has 0 spiro atoms. The molecule has 0 aliphatic rings. The van der Waals surface area contributed by atoms with Crippen LogP contribution in [-0.4, -0.2) is 86.2 Å². The van der Waals surface area contributed by atoms with Gasteiger partial charge in [-0.2, -0.15) is 0 Å². The molecule has 41 heavy (non-hydrogen) atoms. The normalized spacial score (nSPS) is 10.8. The van der Waals surface area contributed by atoms with Crippen molar-refractivity contribution in [3.8, 4) is 0 Å². The molecule has 0 aromatic heterocycles. The Labute approximate surface area is 260 Å². The molecule has 0 amide bonds. The van der Waals surface area contributed by atoms with Gasteiger partial charge in [0.05, 0.1) is 0 Å². The van der Waals surface area contributed by atoms with E-state index in [0.717, 1.165) is 23.0 Å². The van der Waals surface area contributed by atoms with Crippen molar-refractivity contribution in [3.63, 3.8) is 0 Å². The van der Waals surface area contributed by atoms with Crippen LogP contribution in [0.5, 0.6) is 0 Å². The quantitative estimate of drug-likeness (QED) is 0.0359. The molecule has 0 aliphatic carbocycles. The van der Waals surface area contributed by atoms with Gasteiger partial charge in [0.25, 0.3) is 0 Å². The first-order valence-corrected chi connectivity index (χ1v) is 31.1. The summed E-state index contributed by atoms with van der Waals surface area (Å²) in [4.78, 5) is 46.9. The fourth-order valence-electron chi connectivity index (χ4n) is 2.43. The second-order valence-electron chi connectivity index (χ2n) is 8.97. The Kier molecular flexibility index (Phi) is 22.9. The van der Waals surface area contributed by atoms with Gasteiger partial charge in [0.2, 0.25) is 0 Å². The Morgan fingerprint density at radius 1 is 0.463 bits per heavy atom. The zero-order valence-corrected chi connectivity index (χ0v) is 30.8. The summed E-state index contributed by atoms with van der Waals surface area (Å²) in [6.45, 7) is 22.2. The predicted octanol–water partition coefficient (Wildman–Crippen LogP) is 6.39. The molecule has 0 fully saturated rings. The molecule has 0 unspecified atom stereocenters. The molecule has 0 saturated heterocycles. The third kappa shape index (κ3) is 20.6. The zero-order chi connectivity index (χ0) is 31.3. The topological polar surface area (TPSA) is 105 Å². The maximum absolute atomic E-state index is 11.7. The van der Waals surface area contributed by atoms with E-state index in [1.54, 1.807) is 27.7 Å². The SMILES string of the molecule is C=C(C)C(=O)OCCC[S][Sn]([S]CCCOC(=O)C(=C)C)([S]CCCOC(=O)C(=C)C)[S]CCCOC(=O)C(=C)C.